The number of hydrogen-bond acceptors (Lipinski definition) is 7. The maximum Gasteiger partial charge on any atom is 0.418 e. The summed E-state index contributed by atoms with van der Waals surface area (Å²) in [7, 11) is 3.50. The number of anilines is 3. The standard InChI is InChI=1S/C25H26F6N8O/c1-37-7-9-39(10-8-37)15-4-6-17(25(29,30)31)18(11-15)34-23-32-12-14-3-5-16-20(22(40)33-13-24(26,27)28)36-38(2)21(16)19(14)35-23/h4,6,11-12H,3,5,7-10,13H2,1-2H3,(H,33,40)(H,32,34,35). The van der Waals surface area contributed by atoms with Crippen LogP contribution in [0.1, 0.15) is 27.2 Å². The zero-order valence-electron chi connectivity index (χ0n) is 21.6. The van der Waals surface area contributed by atoms with Crippen molar-refractivity contribution in [2.45, 2.75) is 25.2 Å². The summed E-state index contributed by atoms with van der Waals surface area (Å²) >= 11 is 0. The minimum Gasteiger partial charge on any atom is -0.369 e. The largest absolute Gasteiger partial charge is 0.418 e. The highest BCUT2D eigenvalue weighted by Crippen LogP contribution is 2.39. The topological polar surface area (TPSA) is 91.2 Å². The van der Waals surface area contributed by atoms with Crippen LogP contribution < -0.4 is 15.5 Å². The van der Waals surface area contributed by atoms with E-state index < -0.39 is 30.4 Å². The molecule has 40 heavy (non-hydrogen) atoms. The van der Waals surface area contributed by atoms with Crippen LogP contribution in [0.25, 0.3) is 11.4 Å². The highest BCUT2D eigenvalue weighted by atomic mass is 19.4. The number of nitrogens with zero attached hydrogens (tertiary/aromatic N) is 6. The lowest BCUT2D eigenvalue weighted by Gasteiger charge is -2.34. The lowest BCUT2D eigenvalue weighted by atomic mass is 9.93. The Kier molecular flexibility index (Phi) is 7.10. The zero-order valence-corrected chi connectivity index (χ0v) is 21.6. The quantitative estimate of drug-likeness (QED) is 0.453. The van der Waals surface area contributed by atoms with Gasteiger partial charge in [-0.05, 0) is 43.7 Å². The molecule has 1 amide bonds. The fourth-order valence-corrected chi connectivity index (χ4v) is 4.93. The second kappa shape index (κ2) is 10.3. The van der Waals surface area contributed by atoms with E-state index in [0.29, 0.717) is 54.1 Å². The van der Waals surface area contributed by atoms with Crippen molar-refractivity contribution in [3.63, 3.8) is 0 Å². The van der Waals surface area contributed by atoms with E-state index in [1.807, 2.05) is 17.3 Å². The second-order valence-electron chi connectivity index (χ2n) is 9.81. The van der Waals surface area contributed by atoms with E-state index in [0.717, 1.165) is 19.2 Å². The normalized spacial score (nSPS) is 15.9. The molecule has 1 saturated heterocycles. The van der Waals surface area contributed by atoms with Crippen molar-refractivity contribution >= 4 is 23.2 Å². The predicted molar refractivity (Wildman–Crippen MR) is 134 cm³/mol. The Morgan fingerprint density at radius 3 is 2.42 bits per heavy atom. The molecule has 9 nitrogen and oxygen atoms in total. The number of alkyl halides is 6. The summed E-state index contributed by atoms with van der Waals surface area (Å²) in [6.45, 7) is 1.39. The molecule has 0 bridgehead atoms. The molecule has 2 aliphatic rings. The number of halogens is 6. The summed E-state index contributed by atoms with van der Waals surface area (Å²) in [5.41, 5.74) is 1.20. The molecule has 214 valence electrons. The van der Waals surface area contributed by atoms with Gasteiger partial charge in [0.25, 0.3) is 5.91 Å². The predicted octanol–water partition coefficient (Wildman–Crippen LogP) is 3.78. The number of amides is 1. The van der Waals surface area contributed by atoms with E-state index in [9.17, 15) is 31.1 Å². The van der Waals surface area contributed by atoms with Crippen LogP contribution in [0.4, 0.5) is 43.7 Å². The second-order valence-corrected chi connectivity index (χ2v) is 9.81. The Balaban J connectivity index is 1.47. The molecule has 1 aliphatic carbocycles. The molecule has 1 aliphatic heterocycles. The molecule has 3 aromatic rings. The third-order valence-corrected chi connectivity index (χ3v) is 6.97. The molecule has 5 rings (SSSR count). The van der Waals surface area contributed by atoms with Crippen LogP contribution in [0.3, 0.4) is 0 Å². The average molecular weight is 569 g/mol. The summed E-state index contributed by atoms with van der Waals surface area (Å²) in [4.78, 5) is 25.3. The number of fused-ring (bicyclic) bond motifs is 3. The molecule has 3 heterocycles. The fourth-order valence-electron chi connectivity index (χ4n) is 4.93. The van der Waals surface area contributed by atoms with Gasteiger partial charge in [-0.15, -0.1) is 0 Å². The van der Waals surface area contributed by atoms with Gasteiger partial charge < -0.3 is 20.4 Å². The monoisotopic (exact) mass is 568 g/mol. The Labute approximate surface area is 225 Å². The van der Waals surface area contributed by atoms with Crippen LogP contribution in [0.5, 0.6) is 0 Å². The lowest BCUT2D eigenvalue weighted by molar-refractivity contribution is -0.137. The number of likely N-dealkylation sites (N-methyl/N-ethyl adjacent to an activating group) is 1. The third kappa shape index (κ3) is 5.69. The molecule has 1 aromatic carbocycles. The van der Waals surface area contributed by atoms with Crippen molar-refractivity contribution < 1.29 is 31.1 Å². The van der Waals surface area contributed by atoms with Crippen molar-refractivity contribution in [1.29, 1.82) is 0 Å². The molecule has 0 unspecified atom stereocenters. The highest BCUT2D eigenvalue weighted by Gasteiger charge is 2.35. The van der Waals surface area contributed by atoms with Gasteiger partial charge in [-0.1, -0.05) is 0 Å². The van der Waals surface area contributed by atoms with Gasteiger partial charge in [0.2, 0.25) is 5.95 Å². The number of carbonyl (C=O) groups excluding carboxylic acids is 1. The molecule has 1 fully saturated rings. The Morgan fingerprint density at radius 1 is 1.02 bits per heavy atom. The molecule has 0 atom stereocenters. The average Bonchev–Trinajstić information content (AvgIpc) is 3.23. The zero-order chi connectivity index (χ0) is 28.8. The molecule has 2 N–H and O–H groups in total. The molecule has 2 aromatic heterocycles. The van der Waals surface area contributed by atoms with Crippen molar-refractivity contribution in [3.8, 4) is 11.4 Å². The maximum absolute atomic E-state index is 13.9. The first-order valence-electron chi connectivity index (χ1n) is 12.5. The third-order valence-electron chi connectivity index (χ3n) is 6.97. The summed E-state index contributed by atoms with van der Waals surface area (Å²) in [5, 5.41) is 8.67. The molecule has 15 heteroatoms. The van der Waals surface area contributed by atoms with Crippen LogP contribution in [0, 0.1) is 0 Å². The number of piperazine rings is 1. The smallest absolute Gasteiger partial charge is 0.369 e. The van der Waals surface area contributed by atoms with Gasteiger partial charge in [0.1, 0.15) is 6.54 Å². The number of carbonyl (C=O) groups is 1. The van der Waals surface area contributed by atoms with E-state index in [1.165, 1.54) is 30.1 Å². The molecular formula is C25H26F6N8O. The van der Waals surface area contributed by atoms with Crippen molar-refractivity contribution in [2.75, 3.05) is 50.0 Å². The minimum absolute atomic E-state index is 0.100. The molecule has 0 radical (unpaired) electrons. The van der Waals surface area contributed by atoms with E-state index >= 15 is 0 Å². The summed E-state index contributed by atoms with van der Waals surface area (Å²) in [5.74, 6) is -1.07. The van der Waals surface area contributed by atoms with Gasteiger partial charge in [0, 0.05) is 50.7 Å². The number of aromatic nitrogens is 4. The SMILES string of the molecule is CN1CCN(c2ccc(C(F)(F)F)c(Nc3ncc4c(n3)-c3c(c(C(=O)NCC(F)(F)F)nn3C)CC4)c2)CC1. The van der Waals surface area contributed by atoms with Crippen LogP contribution in [-0.4, -0.2) is 76.5 Å². The van der Waals surface area contributed by atoms with Crippen molar-refractivity contribution in [2.24, 2.45) is 7.05 Å². The van der Waals surface area contributed by atoms with E-state index in [-0.39, 0.29) is 17.3 Å². The highest BCUT2D eigenvalue weighted by molar-refractivity contribution is 5.96. The number of aryl methyl sites for hydroxylation is 2. The van der Waals surface area contributed by atoms with Crippen molar-refractivity contribution in [3.05, 3.63) is 46.8 Å². The minimum atomic E-state index is -4.63. The van der Waals surface area contributed by atoms with E-state index in [1.54, 1.807) is 0 Å². The van der Waals surface area contributed by atoms with E-state index in [4.69, 9.17) is 0 Å². The Morgan fingerprint density at radius 2 is 1.75 bits per heavy atom. The van der Waals surface area contributed by atoms with Gasteiger partial charge in [-0.2, -0.15) is 31.4 Å². The first-order valence-corrected chi connectivity index (χ1v) is 12.5. The van der Waals surface area contributed by atoms with Crippen LogP contribution in [0.15, 0.2) is 24.4 Å². The maximum atomic E-state index is 13.9. The van der Waals surface area contributed by atoms with Crippen LogP contribution >= 0.6 is 0 Å². The van der Waals surface area contributed by atoms with E-state index in [2.05, 4.69) is 25.3 Å². The molecule has 0 spiro atoms. The Bertz CT molecular complexity index is 1430. The number of benzene rings is 1. The number of hydrogen-bond donors (Lipinski definition) is 2. The molecule has 0 saturated carbocycles. The summed E-state index contributed by atoms with van der Waals surface area (Å²) in [6, 6.07) is 3.90. The van der Waals surface area contributed by atoms with Gasteiger partial charge in [0.05, 0.1) is 22.6 Å². The van der Waals surface area contributed by atoms with Crippen LogP contribution in [-0.2, 0) is 26.1 Å². The first kappa shape index (κ1) is 27.7. The van der Waals surface area contributed by atoms with Gasteiger partial charge in [-0.25, -0.2) is 9.97 Å². The molecular weight excluding hydrogens is 542 g/mol. The van der Waals surface area contributed by atoms with Gasteiger partial charge >= 0.3 is 12.4 Å². The van der Waals surface area contributed by atoms with Crippen LogP contribution in [0.2, 0.25) is 0 Å². The van der Waals surface area contributed by atoms with Gasteiger partial charge in [-0.3, -0.25) is 9.48 Å². The number of rotatable bonds is 5. The number of nitrogens with one attached hydrogen (secondary N) is 2. The lowest BCUT2D eigenvalue weighted by Crippen LogP contribution is -2.44. The summed E-state index contributed by atoms with van der Waals surface area (Å²) < 4.78 is 80.8. The van der Waals surface area contributed by atoms with Gasteiger partial charge in [0.15, 0.2) is 5.69 Å². The fraction of sp³-hybridized carbons (Fsp3) is 0.440. The summed E-state index contributed by atoms with van der Waals surface area (Å²) in [6.07, 6.45) is -7.04. The first-order chi connectivity index (χ1) is 18.8. The Hall–Kier alpha value is -3.88. The van der Waals surface area contributed by atoms with Crippen molar-refractivity contribution in [1.82, 2.24) is 30.0 Å².